The number of carbonyl (C=O) groups excluding carboxylic acids is 1. The normalized spacial score (nSPS) is 18.9. The summed E-state index contributed by atoms with van der Waals surface area (Å²) in [6.45, 7) is 2.42. The van der Waals surface area contributed by atoms with Gasteiger partial charge in [-0.3, -0.25) is 4.79 Å². The molecule has 1 heterocycles. The van der Waals surface area contributed by atoms with Crippen molar-refractivity contribution in [3.05, 3.63) is 71.5 Å². The number of rotatable bonds is 3. The van der Waals surface area contributed by atoms with Gasteiger partial charge in [0.05, 0.1) is 12.5 Å². The second-order valence-electron chi connectivity index (χ2n) is 6.08. The van der Waals surface area contributed by atoms with Gasteiger partial charge in [-0.1, -0.05) is 42.5 Å². The highest BCUT2D eigenvalue weighted by Crippen LogP contribution is 2.25. The van der Waals surface area contributed by atoms with Crippen LogP contribution < -0.4 is 0 Å². The molecule has 0 unspecified atom stereocenters. The first-order valence-electron chi connectivity index (χ1n) is 7.91. The summed E-state index contributed by atoms with van der Waals surface area (Å²) in [4.78, 5) is 17.0. The molecule has 0 aliphatic carbocycles. The van der Waals surface area contributed by atoms with E-state index in [1.54, 1.807) is 12.1 Å². The number of hydrogen-bond donors (Lipinski definition) is 0. The lowest BCUT2D eigenvalue weighted by molar-refractivity contribution is -0.135. The standard InChI is InChI=1S/C19H21FN2O/c1-21-11-12-22(18(14-21)16-5-3-2-4-6-16)19(23)13-15-7-9-17(20)10-8-15/h2-10,18H,11-14H2,1H3/t18-/m0/s1. The molecule has 0 saturated carbocycles. The Kier molecular flexibility index (Phi) is 4.72. The quantitative estimate of drug-likeness (QED) is 0.870. The Balaban J connectivity index is 1.78. The third-order valence-corrected chi connectivity index (χ3v) is 4.36. The second kappa shape index (κ2) is 6.92. The smallest absolute Gasteiger partial charge is 0.227 e. The summed E-state index contributed by atoms with van der Waals surface area (Å²) < 4.78 is 13.0. The zero-order chi connectivity index (χ0) is 16.2. The van der Waals surface area contributed by atoms with Crippen LogP contribution in [-0.4, -0.2) is 42.4 Å². The summed E-state index contributed by atoms with van der Waals surface area (Å²) in [6.07, 6.45) is 0.313. The van der Waals surface area contributed by atoms with Gasteiger partial charge in [0, 0.05) is 19.6 Å². The Morgan fingerprint density at radius 1 is 1.09 bits per heavy atom. The van der Waals surface area contributed by atoms with Gasteiger partial charge >= 0.3 is 0 Å². The molecule has 23 heavy (non-hydrogen) atoms. The Hall–Kier alpha value is -2.20. The summed E-state index contributed by atoms with van der Waals surface area (Å²) in [5, 5.41) is 0. The van der Waals surface area contributed by atoms with Crippen LogP contribution in [0.3, 0.4) is 0 Å². The Labute approximate surface area is 136 Å². The first kappa shape index (κ1) is 15.7. The minimum atomic E-state index is -0.275. The molecule has 0 bridgehead atoms. The fourth-order valence-corrected chi connectivity index (χ4v) is 3.06. The van der Waals surface area contributed by atoms with Crippen LogP contribution in [0.15, 0.2) is 54.6 Å². The molecule has 120 valence electrons. The first-order valence-corrected chi connectivity index (χ1v) is 7.91. The van der Waals surface area contributed by atoms with E-state index in [2.05, 4.69) is 24.1 Å². The molecule has 0 spiro atoms. The number of likely N-dealkylation sites (N-methyl/N-ethyl adjacent to an activating group) is 1. The van der Waals surface area contributed by atoms with E-state index in [0.29, 0.717) is 6.42 Å². The van der Waals surface area contributed by atoms with Crippen LogP contribution in [-0.2, 0) is 11.2 Å². The van der Waals surface area contributed by atoms with E-state index < -0.39 is 0 Å². The molecule has 0 radical (unpaired) electrons. The minimum absolute atomic E-state index is 0.0721. The van der Waals surface area contributed by atoms with Gasteiger partial charge in [0.25, 0.3) is 0 Å². The second-order valence-corrected chi connectivity index (χ2v) is 6.08. The lowest BCUT2D eigenvalue weighted by Crippen LogP contribution is -2.49. The van der Waals surface area contributed by atoms with E-state index in [1.165, 1.54) is 12.1 Å². The Morgan fingerprint density at radius 2 is 1.78 bits per heavy atom. The number of carbonyl (C=O) groups is 1. The molecule has 3 rings (SSSR count). The zero-order valence-corrected chi connectivity index (χ0v) is 13.3. The van der Waals surface area contributed by atoms with Gasteiger partial charge in [-0.15, -0.1) is 0 Å². The Bertz CT molecular complexity index is 657. The molecule has 1 atom stereocenters. The van der Waals surface area contributed by atoms with Crippen molar-refractivity contribution in [3.63, 3.8) is 0 Å². The van der Waals surface area contributed by atoms with Gasteiger partial charge in [-0.05, 0) is 30.3 Å². The van der Waals surface area contributed by atoms with Crippen LogP contribution >= 0.6 is 0 Å². The van der Waals surface area contributed by atoms with Crippen molar-refractivity contribution in [3.8, 4) is 0 Å². The van der Waals surface area contributed by atoms with Crippen LogP contribution in [0, 0.1) is 5.82 Å². The Morgan fingerprint density at radius 3 is 2.48 bits per heavy atom. The summed E-state index contributed by atoms with van der Waals surface area (Å²) >= 11 is 0. The molecule has 0 aromatic heterocycles. The summed E-state index contributed by atoms with van der Waals surface area (Å²) in [6, 6.07) is 16.4. The largest absolute Gasteiger partial charge is 0.333 e. The predicted molar refractivity (Wildman–Crippen MR) is 88.5 cm³/mol. The minimum Gasteiger partial charge on any atom is -0.333 e. The van der Waals surface area contributed by atoms with Crippen molar-refractivity contribution < 1.29 is 9.18 Å². The molecular formula is C19H21FN2O. The maximum Gasteiger partial charge on any atom is 0.227 e. The molecule has 2 aromatic rings. The average Bonchev–Trinajstić information content (AvgIpc) is 2.57. The highest BCUT2D eigenvalue weighted by molar-refractivity contribution is 5.79. The fraction of sp³-hybridized carbons (Fsp3) is 0.316. The summed E-state index contributed by atoms with van der Waals surface area (Å²) in [7, 11) is 2.08. The van der Waals surface area contributed by atoms with E-state index in [0.717, 1.165) is 30.8 Å². The highest BCUT2D eigenvalue weighted by atomic mass is 19.1. The summed E-state index contributed by atoms with van der Waals surface area (Å²) in [5.41, 5.74) is 2.01. The number of hydrogen-bond acceptors (Lipinski definition) is 2. The van der Waals surface area contributed by atoms with Crippen molar-refractivity contribution in [1.29, 1.82) is 0 Å². The van der Waals surface area contributed by atoms with Crippen LogP contribution in [0.2, 0.25) is 0 Å². The van der Waals surface area contributed by atoms with E-state index in [1.807, 2.05) is 23.1 Å². The molecular weight excluding hydrogens is 291 g/mol. The van der Waals surface area contributed by atoms with E-state index >= 15 is 0 Å². The number of halogens is 1. The SMILES string of the molecule is CN1CCN(C(=O)Cc2ccc(F)cc2)[C@H](c2ccccc2)C1. The summed E-state index contributed by atoms with van der Waals surface area (Å²) in [5.74, 6) is -0.179. The fourth-order valence-electron chi connectivity index (χ4n) is 3.06. The molecule has 1 aliphatic heterocycles. The molecule has 1 fully saturated rings. The van der Waals surface area contributed by atoms with Gasteiger partial charge in [-0.25, -0.2) is 4.39 Å². The first-order chi connectivity index (χ1) is 11.1. The van der Waals surface area contributed by atoms with Crippen LogP contribution in [0.1, 0.15) is 17.2 Å². The molecule has 0 N–H and O–H groups in total. The molecule has 4 heteroatoms. The van der Waals surface area contributed by atoms with Gasteiger partial charge in [0.2, 0.25) is 5.91 Å². The number of amides is 1. The van der Waals surface area contributed by atoms with Crippen molar-refractivity contribution in [1.82, 2.24) is 9.80 Å². The van der Waals surface area contributed by atoms with Crippen LogP contribution in [0.5, 0.6) is 0 Å². The zero-order valence-electron chi connectivity index (χ0n) is 13.3. The lowest BCUT2D eigenvalue weighted by Gasteiger charge is -2.40. The maximum atomic E-state index is 13.0. The molecule has 2 aromatic carbocycles. The molecule has 3 nitrogen and oxygen atoms in total. The number of benzene rings is 2. The third-order valence-electron chi connectivity index (χ3n) is 4.36. The third kappa shape index (κ3) is 3.77. The van der Waals surface area contributed by atoms with Crippen LogP contribution in [0.25, 0.3) is 0 Å². The monoisotopic (exact) mass is 312 g/mol. The molecule has 1 amide bonds. The van der Waals surface area contributed by atoms with E-state index in [-0.39, 0.29) is 17.8 Å². The average molecular weight is 312 g/mol. The molecule has 1 saturated heterocycles. The predicted octanol–water partition coefficient (Wildman–Crippen LogP) is 2.88. The van der Waals surface area contributed by atoms with Crippen molar-refractivity contribution in [2.24, 2.45) is 0 Å². The van der Waals surface area contributed by atoms with Crippen molar-refractivity contribution >= 4 is 5.91 Å². The van der Waals surface area contributed by atoms with Gasteiger partial charge < -0.3 is 9.80 Å². The highest BCUT2D eigenvalue weighted by Gasteiger charge is 2.29. The topological polar surface area (TPSA) is 23.6 Å². The lowest BCUT2D eigenvalue weighted by atomic mass is 10.0. The molecule has 1 aliphatic rings. The van der Waals surface area contributed by atoms with E-state index in [4.69, 9.17) is 0 Å². The van der Waals surface area contributed by atoms with Gasteiger partial charge in [-0.2, -0.15) is 0 Å². The van der Waals surface area contributed by atoms with E-state index in [9.17, 15) is 9.18 Å². The number of nitrogens with zero attached hydrogens (tertiary/aromatic N) is 2. The maximum absolute atomic E-state index is 13.0. The van der Waals surface area contributed by atoms with Crippen LogP contribution in [0.4, 0.5) is 4.39 Å². The van der Waals surface area contributed by atoms with Crippen molar-refractivity contribution in [2.45, 2.75) is 12.5 Å². The number of piperazine rings is 1. The van der Waals surface area contributed by atoms with Gasteiger partial charge in [0.1, 0.15) is 5.82 Å². The van der Waals surface area contributed by atoms with Gasteiger partial charge in [0.15, 0.2) is 0 Å². The van der Waals surface area contributed by atoms with Crippen molar-refractivity contribution in [2.75, 3.05) is 26.7 Å².